The maximum atomic E-state index is 5.46. The van der Waals surface area contributed by atoms with Crippen molar-refractivity contribution < 1.29 is 4.74 Å². The Morgan fingerprint density at radius 3 is 2.76 bits per heavy atom. The normalized spacial score (nSPS) is 20.5. The van der Waals surface area contributed by atoms with Crippen molar-refractivity contribution in [2.75, 3.05) is 37.0 Å². The van der Waals surface area contributed by atoms with E-state index in [2.05, 4.69) is 34.0 Å². The van der Waals surface area contributed by atoms with Crippen molar-refractivity contribution in [3.63, 3.8) is 0 Å². The van der Waals surface area contributed by atoms with Crippen LogP contribution in [0, 0.1) is 13.8 Å². The molecule has 1 aliphatic heterocycles. The number of aryl methyl sites for hydroxylation is 1. The summed E-state index contributed by atoms with van der Waals surface area (Å²) in [5.74, 6) is 2.73. The quantitative estimate of drug-likeness (QED) is 0.840. The van der Waals surface area contributed by atoms with E-state index in [1.165, 1.54) is 0 Å². The van der Waals surface area contributed by atoms with Gasteiger partial charge in [0.25, 0.3) is 0 Å². The van der Waals surface area contributed by atoms with E-state index in [-0.39, 0.29) is 0 Å². The maximum Gasteiger partial charge on any atom is 0.137 e. The van der Waals surface area contributed by atoms with Crippen LogP contribution in [0.25, 0.3) is 0 Å². The van der Waals surface area contributed by atoms with Crippen molar-refractivity contribution in [3.05, 3.63) is 11.4 Å². The molecule has 2 rings (SSSR count). The molecule has 5 heteroatoms. The van der Waals surface area contributed by atoms with Crippen LogP contribution in [0.3, 0.4) is 0 Å². The van der Waals surface area contributed by atoms with Gasteiger partial charge in [-0.05, 0) is 20.8 Å². The fourth-order valence-electron chi connectivity index (χ4n) is 2.18. The van der Waals surface area contributed by atoms with Gasteiger partial charge in [0.1, 0.15) is 17.5 Å². The first-order chi connectivity index (χ1) is 8.13. The third-order valence-corrected chi connectivity index (χ3v) is 3.11. The van der Waals surface area contributed by atoms with E-state index in [9.17, 15) is 0 Å². The van der Waals surface area contributed by atoms with Gasteiger partial charge in [-0.3, -0.25) is 0 Å². The van der Waals surface area contributed by atoms with Crippen molar-refractivity contribution in [2.45, 2.75) is 26.8 Å². The van der Waals surface area contributed by atoms with E-state index >= 15 is 0 Å². The molecule has 1 saturated heterocycles. The highest BCUT2D eigenvalue weighted by Crippen LogP contribution is 2.25. The number of hydrogen-bond acceptors (Lipinski definition) is 5. The van der Waals surface area contributed by atoms with Crippen LogP contribution >= 0.6 is 0 Å². The van der Waals surface area contributed by atoms with Gasteiger partial charge in [-0.25, -0.2) is 9.97 Å². The van der Waals surface area contributed by atoms with Crippen LogP contribution in [0.15, 0.2) is 0 Å². The average Bonchev–Trinajstić information content (AvgIpc) is 2.32. The van der Waals surface area contributed by atoms with Crippen molar-refractivity contribution in [1.29, 1.82) is 0 Å². The van der Waals surface area contributed by atoms with Crippen LogP contribution in [-0.2, 0) is 4.74 Å². The van der Waals surface area contributed by atoms with Gasteiger partial charge < -0.3 is 15.0 Å². The summed E-state index contributed by atoms with van der Waals surface area (Å²) >= 11 is 0. The molecule has 1 aromatic heterocycles. The first-order valence-electron chi connectivity index (χ1n) is 6.01. The summed E-state index contributed by atoms with van der Waals surface area (Å²) in [6.45, 7) is 8.56. The Balaban J connectivity index is 2.39. The Bertz CT molecular complexity index is 408. The third-order valence-electron chi connectivity index (χ3n) is 3.11. The second-order valence-electron chi connectivity index (χ2n) is 4.44. The molecule has 0 bridgehead atoms. The Labute approximate surface area is 102 Å². The highest BCUT2D eigenvalue weighted by Gasteiger charge is 2.23. The van der Waals surface area contributed by atoms with E-state index in [0.29, 0.717) is 6.04 Å². The lowest BCUT2D eigenvalue weighted by molar-refractivity contribution is 0.0984. The highest BCUT2D eigenvalue weighted by atomic mass is 16.5. The predicted octanol–water partition coefficient (Wildman–Crippen LogP) is 1.36. The number of anilines is 2. The molecule has 0 amide bonds. The Morgan fingerprint density at radius 1 is 1.35 bits per heavy atom. The molecule has 1 aromatic rings. The smallest absolute Gasteiger partial charge is 0.137 e. The number of rotatable bonds is 2. The van der Waals surface area contributed by atoms with E-state index in [1.807, 2.05) is 14.0 Å². The minimum absolute atomic E-state index is 0.362. The van der Waals surface area contributed by atoms with Crippen LogP contribution in [0.1, 0.15) is 18.3 Å². The number of nitrogens with zero attached hydrogens (tertiary/aromatic N) is 3. The number of nitrogens with one attached hydrogen (secondary N) is 1. The molecular formula is C12H20N4O. The topological polar surface area (TPSA) is 50.3 Å². The zero-order valence-electron chi connectivity index (χ0n) is 10.9. The molecule has 1 N–H and O–H groups in total. The maximum absolute atomic E-state index is 5.46. The van der Waals surface area contributed by atoms with Gasteiger partial charge in [-0.2, -0.15) is 0 Å². The summed E-state index contributed by atoms with van der Waals surface area (Å²) in [6, 6.07) is 0.362. The molecule has 5 nitrogen and oxygen atoms in total. The molecular weight excluding hydrogens is 216 g/mol. The molecule has 2 heterocycles. The molecule has 0 aliphatic carbocycles. The third kappa shape index (κ3) is 2.34. The molecule has 1 fully saturated rings. The lowest BCUT2D eigenvalue weighted by Gasteiger charge is -2.35. The minimum atomic E-state index is 0.362. The largest absolute Gasteiger partial charge is 0.377 e. The highest BCUT2D eigenvalue weighted by molar-refractivity contribution is 5.59. The standard InChI is InChI=1S/C12H20N4O/c1-8-7-17-6-5-16(8)12-9(2)11(13-4)14-10(3)15-12/h8H,5-7H2,1-4H3,(H,13,14,15). The van der Waals surface area contributed by atoms with E-state index < -0.39 is 0 Å². The van der Waals surface area contributed by atoms with E-state index in [4.69, 9.17) is 4.74 Å². The minimum Gasteiger partial charge on any atom is -0.377 e. The monoisotopic (exact) mass is 236 g/mol. The SMILES string of the molecule is CNc1nc(C)nc(N2CCOCC2C)c1C. The van der Waals surface area contributed by atoms with Crippen molar-refractivity contribution in [2.24, 2.45) is 0 Å². The first kappa shape index (κ1) is 12.1. The predicted molar refractivity (Wildman–Crippen MR) is 68.7 cm³/mol. The molecule has 1 unspecified atom stereocenters. The van der Waals surface area contributed by atoms with Crippen LogP contribution in [0.5, 0.6) is 0 Å². The lowest BCUT2D eigenvalue weighted by Crippen LogP contribution is -2.44. The second kappa shape index (κ2) is 4.87. The number of ether oxygens (including phenoxy) is 1. The summed E-state index contributed by atoms with van der Waals surface area (Å²) < 4.78 is 5.46. The summed E-state index contributed by atoms with van der Waals surface area (Å²) in [7, 11) is 1.89. The summed E-state index contributed by atoms with van der Waals surface area (Å²) in [5, 5.41) is 3.12. The summed E-state index contributed by atoms with van der Waals surface area (Å²) in [5.41, 5.74) is 1.10. The van der Waals surface area contributed by atoms with Crippen LogP contribution < -0.4 is 10.2 Å². The second-order valence-corrected chi connectivity index (χ2v) is 4.44. The van der Waals surface area contributed by atoms with Crippen molar-refractivity contribution in [1.82, 2.24) is 9.97 Å². The van der Waals surface area contributed by atoms with Crippen LogP contribution in [0.4, 0.5) is 11.6 Å². The number of morpholine rings is 1. The van der Waals surface area contributed by atoms with Gasteiger partial charge in [-0.15, -0.1) is 0 Å². The average molecular weight is 236 g/mol. The van der Waals surface area contributed by atoms with Crippen molar-refractivity contribution in [3.8, 4) is 0 Å². The Kier molecular flexibility index (Phi) is 3.47. The van der Waals surface area contributed by atoms with Crippen LogP contribution in [0.2, 0.25) is 0 Å². The summed E-state index contributed by atoms with van der Waals surface area (Å²) in [4.78, 5) is 11.3. The van der Waals surface area contributed by atoms with Crippen molar-refractivity contribution >= 4 is 11.6 Å². The van der Waals surface area contributed by atoms with E-state index in [1.54, 1.807) is 0 Å². The van der Waals surface area contributed by atoms with E-state index in [0.717, 1.165) is 42.8 Å². The van der Waals surface area contributed by atoms with Gasteiger partial charge in [0.15, 0.2) is 0 Å². The molecule has 1 atom stereocenters. The van der Waals surface area contributed by atoms with Gasteiger partial charge in [0.2, 0.25) is 0 Å². The van der Waals surface area contributed by atoms with Gasteiger partial charge in [0.05, 0.1) is 19.3 Å². The fourth-order valence-corrected chi connectivity index (χ4v) is 2.18. The van der Waals surface area contributed by atoms with Gasteiger partial charge in [0, 0.05) is 19.2 Å². The molecule has 0 aromatic carbocycles. The van der Waals surface area contributed by atoms with Gasteiger partial charge >= 0.3 is 0 Å². The molecule has 0 saturated carbocycles. The molecule has 17 heavy (non-hydrogen) atoms. The fraction of sp³-hybridized carbons (Fsp3) is 0.667. The number of aromatic nitrogens is 2. The Hall–Kier alpha value is -1.36. The van der Waals surface area contributed by atoms with Crippen LogP contribution in [-0.4, -0.2) is 42.8 Å². The zero-order chi connectivity index (χ0) is 12.4. The number of hydrogen-bond donors (Lipinski definition) is 1. The molecule has 1 aliphatic rings. The molecule has 94 valence electrons. The lowest BCUT2D eigenvalue weighted by atomic mass is 10.2. The first-order valence-corrected chi connectivity index (χ1v) is 6.01. The molecule has 0 radical (unpaired) electrons. The van der Waals surface area contributed by atoms with Gasteiger partial charge in [-0.1, -0.05) is 0 Å². The zero-order valence-corrected chi connectivity index (χ0v) is 10.9. The molecule has 0 spiro atoms. The summed E-state index contributed by atoms with van der Waals surface area (Å²) in [6.07, 6.45) is 0. The Morgan fingerprint density at radius 2 is 2.12 bits per heavy atom.